The molecule has 0 aliphatic carbocycles. The van der Waals surface area contributed by atoms with Gasteiger partial charge in [0.2, 0.25) is 0 Å². The molecule has 14 heteroatoms. The third kappa shape index (κ3) is 18.0. The maximum absolute atomic E-state index is 3.64. The van der Waals surface area contributed by atoms with Crippen LogP contribution in [0.25, 0.3) is 172 Å². The normalized spacial score (nSPS) is 12.1. The van der Waals surface area contributed by atoms with E-state index in [1.165, 1.54) is 353 Å². The molecule has 0 saturated heterocycles. The van der Waals surface area contributed by atoms with E-state index in [0.29, 0.717) is 0 Å². The van der Waals surface area contributed by atoms with Gasteiger partial charge >= 0.3 is 0 Å². The van der Waals surface area contributed by atoms with Crippen LogP contribution in [-0.2, 0) is 19.3 Å². The molecule has 0 unspecified atom stereocenters. The molecule has 114 heavy (non-hydrogen) atoms. The lowest BCUT2D eigenvalue weighted by molar-refractivity contribution is 0.576. The summed E-state index contributed by atoms with van der Waals surface area (Å²) in [6.45, 7) is 6.87. The molecule has 12 heterocycles. The zero-order valence-electron chi connectivity index (χ0n) is 65.1. The lowest BCUT2D eigenvalue weighted by Crippen LogP contribution is -1.83. The third-order valence-electron chi connectivity index (χ3n) is 22.8. The van der Waals surface area contributed by atoms with Crippen molar-refractivity contribution in [3.63, 3.8) is 0 Å². The van der Waals surface area contributed by atoms with Crippen molar-refractivity contribution in [2.24, 2.45) is 0 Å². The number of thiophene rings is 12. The molecule has 0 N–H and O–H groups in total. The van der Waals surface area contributed by atoms with Crippen LogP contribution >= 0.6 is 168 Å². The van der Waals surface area contributed by atoms with Gasteiger partial charge in [0.15, 0.2) is 0 Å². The van der Waals surface area contributed by atoms with E-state index in [2.05, 4.69) is 239 Å². The van der Waals surface area contributed by atoms with Gasteiger partial charge in [0.1, 0.15) is 0 Å². The summed E-state index contributed by atoms with van der Waals surface area (Å²) in [5.41, 5.74) is 1.31. The molecule has 0 atom stereocenters. The number of hydrogen-bond acceptors (Lipinski definition) is 12. The first-order valence-corrected chi connectivity index (χ1v) is 53.1. The molecule has 9 aromatic carbocycles. The van der Waals surface area contributed by atoms with Gasteiger partial charge in [-0.1, -0.05) is 186 Å². The second kappa shape index (κ2) is 37.0. The van der Waals surface area contributed by atoms with Gasteiger partial charge in [-0.2, -0.15) is 0 Å². The predicted octanol–water partition coefficient (Wildman–Crippen LogP) is 40.2. The SMILES string of the molecule is Brc1cc2cc3c(cc2s1)sc1cc2sccc2cc13.CCCCCCCCCCc1cc2cc3c(cc2s1)sc1cc2sc(-c4ccccc4)cc2cc13.CCCCCCCCCCc1cc2cc3c(cc2s1)sc1cc2sc(Br)cc2cc13.CCCCCCCCCCc1cc2cc3c(cc2s1)sc1cc2sccc2cc13. The van der Waals surface area contributed by atoms with Crippen LogP contribution in [0.5, 0.6) is 0 Å². The van der Waals surface area contributed by atoms with Crippen molar-refractivity contribution in [1.82, 2.24) is 0 Å². The molecule has 0 saturated carbocycles. The molecule has 0 aliphatic rings. The minimum atomic E-state index is 1.20. The fourth-order valence-corrected chi connectivity index (χ4v) is 31.2. The van der Waals surface area contributed by atoms with Crippen LogP contribution in [-0.4, -0.2) is 0 Å². The summed E-state index contributed by atoms with van der Waals surface area (Å²) in [6, 6.07) is 67.7. The van der Waals surface area contributed by atoms with E-state index >= 15 is 0 Å². The quantitative estimate of drug-likeness (QED) is 0.0429. The van der Waals surface area contributed by atoms with Crippen LogP contribution in [0.1, 0.15) is 190 Å². The van der Waals surface area contributed by atoms with Gasteiger partial charge in [-0.05, 0) is 275 Å². The topological polar surface area (TPSA) is 0 Å². The van der Waals surface area contributed by atoms with Crippen molar-refractivity contribution in [1.29, 1.82) is 0 Å². The van der Waals surface area contributed by atoms with Gasteiger partial charge in [-0.3, -0.25) is 0 Å². The molecule has 0 nitrogen and oxygen atoms in total. The van der Waals surface area contributed by atoms with Gasteiger partial charge in [-0.15, -0.1) is 136 Å². The second-order valence-corrected chi connectivity index (χ2v) is 47.0. The van der Waals surface area contributed by atoms with E-state index in [1.54, 1.807) is 26.0 Å². The number of aryl methyl sites for hydroxylation is 3. The van der Waals surface area contributed by atoms with Crippen LogP contribution in [0.4, 0.5) is 0 Å². The van der Waals surface area contributed by atoms with Crippen LogP contribution in [0, 0.1) is 0 Å². The van der Waals surface area contributed by atoms with Crippen LogP contribution < -0.4 is 0 Å². The Balaban J connectivity index is 0.000000107. The van der Waals surface area contributed by atoms with Crippen molar-refractivity contribution in [2.75, 3.05) is 0 Å². The highest BCUT2D eigenvalue weighted by molar-refractivity contribution is 9.11. The van der Waals surface area contributed by atoms with E-state index in [0.717, 1.165) is 0 Å². The van der Waals surface area contributed by atoms with Crippen molar-refractivity contribution >= 4 is 329 Å². The molecule has 21 rings (SSSR count). The zero-order chi connectivity index (χ0) is 77.0. The zero-order valence-corrected chi connectivity index (χ0v) is 78.1. The highest BCUT2D eigenvalue weighted by Crippen LogP contribution is 2.48. The van der Waals surface area contributed by atoms with Crippen LogP contribution in [0.15, 0.2) is 194 Å². The van der Waals surface area contributed by atoms with Crippen LogP contribution in [0.3, 0.4) is 0 Å². The van der Waals surface area contributed by atoms with E-state index in [1.807, 2.05) is 125 Å². The maximum atomic E-state index is 3.64. The largest absolute Gasteiger partial charge is 0.144 e. The molecule has 0 radical (unpaired) electrons. The number of unbranched alkanes of at least 4 members (excludes halogenated alkanes) is 21. The Kier molecular flexibility index (Phi) is 25.8. The number of fused-ring (bicyclic) bond motifs is 20. The van der Waals surface area contributed by atoms with Crippen molar-refractivity contribution in [2.45, 2.75) is 194 Å². The highest BCUT2D eigenvalue weighted by atomic mass is 79.9. The van der Waals surface area contributed by atoms with Gasteiger partial charge in [-0.25, -0.2) is 0 Å². The van der Waals surface area contributed by atoms with Crippen molar-refractivity contribution in [3.8, 4) is 10.4 Å². The Morgan fingerprint density at radius 2 is 0.474 bits per heavy atom. The van der Waals surface area contributed by atoms with Crippen LogP contribution in [0.2, 0.25) is 0 Å². The third-order valence-corrected chi connectivity index (χ3v) is 36.9. The monoisotopic (exact) mass is 1840 g/mol. The molecule has 0 bridgehead atoms. The average Bonchev–Trinajstić information content (AvgIpc) is 1.61. The number of halogens is 2. The molecule has 0 amide bonds. The van der Waals surface area contributed by atoms with Gasteiger partial charge in [0.05, 0.1) is 7.57 Å². The van der Waals surface area contributed by atoms with Gasteiger partial charge < -0.3 is 0 Å². The Labute approximate surface area is 734 Å². The molecule has 12 aromatic heterocycles. The first kappa shape index (κ1) is 79.6. The molecule has 0 aliphatic heterocycles. The second-order valence-electron chi connectivity index (χ2n) is 31.2. The number of rotatable bonds is 28. The Morgan fingerprint density at radius 1 is 0.211 bits per heavy atom. The van der Waals surface area contributed by atoms with E-state index in [9.17, 15) is 0 Å². The summed E-state index contributed by atoms with van der Waals surface area (Å²) >= 11 is 30.2. The predicted molar refractivity (Wildman–Crippen MR) is 540 cm³/mol. The van der Waals surface area contributed by atoms with Gasteiger partial charge in [0.25, 0.3) is 0 Å². The van der Waals surface area contributed by atoms with Crippen molar-refractivity contribution < 1.29 is 0 Å². The first-order chi connectivity index (χ1) is 56.1. The Hall–Kier alpha value is -5.50. The molecule has 0 spiro atoms. The fourth-order valence-electron chi connectivity index (χ4n) is 16.7. The Morgan fingerprint density at radius 3 is 0.798 bits per heavy atom. The molecule has 580 valence electrons. The summed E-state index contributed by atoms with van der Waals surface area (Å²) in [5.74, 6) is 0. The number of hydrogen-bond donors (Lipinski definition) is 0. The Bertz CT molecular complexity index is 6890. The minimum Gasteiger partial charge on any atom is -0.144 e. The molecular weight excluding hydrogens is 1750 g/mol. The molecule has 0 fully saturated rings. The first-order valence-electron chi connectivity index (χ1n) is 41.6. The summed E-state index contributed by atoms with van der Waals surface area (Å²) in [7, 11) is 0. The highest BCUT2D eigenvalue weighted by Gasteiger charge is 2.18. The summed E-state index contributed by atoms with van der Waals surface area (Å²) < 4.78 is 25.0. The lowest BCUT2D eigenvalue weighted by atomic mass is 10.1. The average molecular weight is 1840 g/mol. The summed E-state index contributed by atoms with van der Waals surface area (Å²) in [4.78, 5) is 6.03. The van der Waals surface area contributed by atoms with Gasteiger partial charge in [0, 0.05) is 138 Å². The molecular formula is C100H94Br2S12. The summed E-state index contributed by atoms with van der Waals surface area (Å²) in [5, 5.41) is 26.7. The lowest BCUT2D eigenvalue weighted by Gasteiger charge is -2.00. The molecule has 21 aromatic rings. The smallest absolute Gasteiger partial charge is 0.0711 e. The van der Waals surface area contributed by atoms with E-state index < -0.39 is 0 Å². The van der Waals surface area contributed by atoms with E-state index in [-0.39, 0.29) is 0 Å². The standard InChI is InChI=1S/C32H32S3.C26H27BrS3.C26H28S3.C16H7BrS3/c1-2-3-4-5-6-7-8-12-15-25-16-23-17-26-27-18-24-19-28(22-13-10-9-11-14-22)34-30(24)21-32(27)35-31(26)20-29(23)33-25;1-2-3-4-5-6-7-8-9-10-19-11-17-12-20-21-13-18-14-26(27)30-23(18)16-25(21)29-24(20)15-22(17)28-19;1-2-3-4-5-6-7-8-9-10-20-13-19-15-22-21-14-18-11-12-27-23(18)16-25(21)29-26(22)17-24(19)28-20;17-16-5-9-4-11-10-3-8-1-2-18-12(8)6-14(10)19-15(11)7-13(9)20-16/h9-11,13-14,16-21H,2-8,12,15H2,1H3;11-16H,2-10H2,1H3;11-17H,2-10H2,1H3;1-7H. The minimum absolute atomic E-state index is 1.20. The van der Waals surface area contributed by atoms with Crippen molar-refractivity contribution in [3.05, 3.63) is 209 Å². The summed E-state index contributed by atoms with van der Waals surface area (Å²) in [6.07, 6.45) is 37.2. The number of benzene rings is 9. The van der Waals surface area contributed by atoms with E-state index in [4.69, 9.17) is 0 Å². The fraction of sp³-hybridized carbons (Fsp3) is 0.300. The maximum Gasteiger partial charge on any atom is 0.0711 e.